The van der Waals surface area contributed by atoms with Crippen molar-refractivity contribution < 1.29 is 19.8 Å². The van der Waals surface area contributed by atoms with E-state index in [1.807, 2.05) is 0 Å². The van der Waals surface area contributed by atoms with Gasteiger partial charge in [0.25, 0.3) is 0 Å². The maximum Gasteiger partial charge on any atom is 0.303 e. The molecule has 0 spiro atoms. The van der Waals surface area contributed by atoms with E-state index in [1.54, 1.807) is 14.0 Å². The highest BCUT2D eigenvalue weighted by Gasteiger charge is 2.09. The number of carbonyl (C=O) groups is 2. The van der Waals surface area contributed by atoms with E-state index in [1.165, 1.54) is 4.90 Å². The molecule has 1 unspecified atom stereocenters. The maximum atomic E-state index is 11.4. The Kier molecular flexibility index (Phi) is 6.70. The summed E-state index contributed by atoms with van der Waals surface area (Å²) in [5.41, 5.74) is 0. The van der Waals surface area contributed by atoms with E-state index in [9.17, 15) is 9.59 Å². The predicted octanol–water partition coefficient (Wildman–Crippen LogP) is 0.471. The van der Waals surface area contributed by atoms with Gasteiger partial charge in [0.15, 0.2) is 0 Å². The molecule has 0 heterocycles. The molecule has 0 aliphatic heterocycles. The van der Waals surface area contributed by atoms with Gasteiger partial charge < -0.3 is 15.1 Å². The highest BCUT2D eigenvalue weighted by atomic mass is 16.4. The molecule has 88 valence electrons. The van der Waals surface area contributed by atoms with E-state index in [0.717, 1.165) is 0 Å². The number of nitrogens with zero attached hydrogens (tertiary/aromatic N) is 1. The van der Waals surface area contributed by atoms with Crippen molar-refractivity contribution >= 4 is 11.9 Å². The fraction of sp³-hybridized carbons (Fsp3) is 0.800. The van der Waals surface area contributed by atoms with Crippen LogP contribution in [0.4, 0.5) is 0 Å². The lowest BCUT2D eigenvalue weighted by Crippen LogP contribution is -2.29. The lowest BCUT2D eigenvalue weighted by atomic mass is 10.2. The van der Waals surface area contributed by atoms with E-state index in [0.29, 0.717) is 19.4 Å². The van der Waals surface area contributed by atoms with Crippen molar-refractivity contribution in [1.29, 1.82) is 0 Å². The Hall–Kier alpha value is -1.10. The second-order valence-corrected chi connectivity index (χ2v) is 3.70. The van der Waals surface area contributed by atoms with E-state index in [4.69, 9.17) is 10.2 Å². The first-order chi connectivity index (χ1) is 6.93. The zero-order valence-electron chi connectivity index (χ0n) is 9.27. The third-order valence-electron chi connectivity index (χ3n) is 2.09. The number of hydrogen-bond donors (Lipinski definition) is 2. The third-order valence-corrected chi connectivity index (χ3v) is 2.09. The molecule has 15 heavy (non-hydrogen) atoms. The molecule has 0 aliphatic carbocycles. The lowest BCUT2D eigenvalue weighted by Gasteiger charge is -2.17. The highest BCUT2D eigenvalue weighted by Crippen LogP contribution is 2.01. The van der Waals surface area contributed by atoms with Gasteiger partial charge in [0.2, 0.25) is 5.91 Å². The van der Waals surface area contributed by atoms with Crippen molar-refractivity contribution in [1.82, 2.24) is 4.90 Å². The van der Waals surface area contributed by atoms with E-state index in [2.05, 4.69) is 0 Å². The minimum absolute atomic E-state index is 0.0238. The minimum Gasteiger partial charge on any atom is -0.481 e. The molecule has 1 amide bonds. The number of aliphatic hydroxyl groups is 1. The molecule has 0 saturated carbocycles. The summed E-state index contributed by atoms with van der Waals surface area (Å²) in [4.78, 5) is 23.1. The van der Waals surface area contributed by atoms with Gasteiger partial charge in [-0.3, -0.25) is 9.59 Å². The fourth-order valence-corrected chi connectivity index (χ4v) is 1.09. The predicted molar refractivity (Wildman–Crippen MR) is 55.4 cm³/mol. The molecule has 2 N–H and O–H groups in total. The Morgan fingerprint density at radius 1 is 1.33 bits per heavy atom. The first-order valence-electron chi connectivity index (χ1n) is 5.07. The number of rotatable bonds is 7. The molecule has 0 radical (unpaired) electrons. The molecule has 0 aromatic carbocycles. The van der Waals surface area contributed by atoms with Gasteiger partial charge in [0, 0.05) is 26.4 Å². The van der Waals surface area contributed by atoms with Gasteiger partial charge >= 0.3 is 5.97 Å². The van der Waals surface area contributed by atoms with Crippen LogP contribution in [0.25, 0.3) is 0 Å². The van der Waals surface area contributed by atoms with Crippen LogP contribution in [0.2, 0.25) is 0 Å². The summed E-state index contributed by atoms with van der Waals surface area (Å²) in [6.07, 6.45) is 0.770. The van der Waals surface area contributed by atoms with Gasteiger partial charge in [-0.1, -0.05) is 0 Å². The molecule has 0 aromatic heterocycles. The smallest absolute Gasteiger partial charge is 0.303 e. The molecule has 0 aliphatic rings. The largest absolute Gasteiger partial charge is 0.481 e. The Morgan fingerprint density at radius 2 is 1.93 bits per heavy atom. The number of hydrogen-bond acceptors (Lipinski definition) is 3. The van der Waals surface area contributed by atoms with Crippen LogP contribution in [0.1, 0.15) is 32.6 Å². The van der Waals surface area contributed by atoms with Crippen molar-refractivity contribution in [3.8, 4) is 0 Å². The summed E-state index contributed by atoms with van der Waals surface area (Å²) < 4.78 is 0. The van der Waals surface area contributed by atoms with Gasteiger partial charge in [0.05, 0.1) is 6.10 Å². The summed E-state index contributed by atoms with van der Waals surface area (Å²) in [5, 5.41) is 17.4. The number of aliphatic hydroxyl groups excluding tert-OH is 1. The van der Waals surface area contributed by atoms with Gasteiger partial charge in [-0.2, -0.15) is 0 Å². The molecular formula is C10H19NO4. The van der Waals surface area contributed by atoms with E-state index < -0.39 is 12.1 Å². The van der Waals surface area contributed by atoms with Gasteiger partial charge in [0.1, 0.15) is 0 Å². The van der Waals surface area contributed by atoms with Crippen LogP contribution in [-0.2, 0) is 9.59 Å². The first kappa shape index (κ1) is 13.9. The molecule has 1 atom stereocenters. The summed E-state index contributed by atoms with van der Waals surface area (Å²) in [6.45, 7) is 2.17. The van der Waals surface area contributed by atoms with Crippen LogP contribution in [-0.4, -0.2) is 46.7 Å². The zero-order chi connectivity index (χ0) is 11.8. The van der Waals surface area contributed by atoms with Crippen molar-refractivity contribution in [2.24, 2.45) is 0 Å². The molecule has 5 nitrogen and oxygen atoms in total. The summed E-state index contributed by atoms with van der Waals surface area (Å²) in [7, 11) is 1.66. The molecule has 5 heteroatoms. The molecule has 0 fully saturated rings. The summed E-state index contributed by atoms with van der Waals surface area (Å²) in [6, 6.07) is 0. The van der Waals surface area contributed by atoms with Crippen LogP contribution in [0.5, 0.6) is 0 Å². The Morgan fingerprint density at radius 3 is 2.40 bits per heavy atom. The number of amides is 1. The SMILES string of the molecule is CC(O)CCN(C)C(=O)CCCC(=O)O. The van der Waals surface area contributed by atoms with Crippen molar-refractivity contribution in [3.05, 3.63) is 0 Å². The number of carboxylic acid groups (broad SMARTS) is 1. The van der Waals surface area contributed by atoms with Crippen LogP contribution >= 0.6 is 0 Å². The average molecular weight is 217 g/mol. The van der Waals surface area contributed by atoms with Crippen LogP contribution in [0.3, 0.4) is 0 Å². The highest BCUT2D eigenvalue weighted by molar-refractivity contribution is 5.76. The number of carbonyl (C=O) groups excluding carboxylic acids is 1. The Balaban J connectivity index is 3.64. The lowest BCUT2D eigenvalue weighted by molar-refractivity contribution is -0.137. The Labute approximate surface area is 89.7 Å². The quantitative estimate of drug-likeness (QED) is 0.650. The van der Waals surface area contributed by atoms with Gasteiger partial charge in [-0.15, -0.1) is 0 Å². The average Bonchev–Trinajstić information content (AvgIpc) is 2.13. The van der Waals surface area contributed by atoms with E-state index >= 15 is 0 Å². The second kappa shape index (κ2) is 7.23. The Bertz CT molecular complexity index is 215. The van der Waals surface area contributed by atoms with Crippen molar-refractivity contribution in [3.63, 3.8) is 0 Å². The molecule has 0 saturated heterocycles. The van der Waals surface area contributed by atoms with Crippen molar-refractivity contribution in [2.75, 3.05) is 13.6 Å². The maximum absolute atomic E-state index is 11.4. The minimum atomic E-state index is -0.880. The summed E-state index contributed by atoms with van der Waals surface area (Å²) >= 11 is 0. The van der Waals surface area contributed by atoms with E-state index in [-0.39, 0.29) is 18.7 Å². The number of aliphatic carboxylic acids is 1. The van der Waals surface area contributed by atoms with Crippen LogP contribution in [0.15, 0.2) is 0 Å². The molecule has 0 aromatic rings. The standard InChI is InChI=1S/C10H19NO4/c1-8(12)6-7-11(2)9(13)4-3-5-10(14)15/h8,12H,3-7H2,1-2H3,(H,14,15). The molecule has 0 bridgehead atoms. The first-order valence-corrected chi connectivity index (χ1v) is 5.07. The van der Waals surface area contributed by atoms with Crippen LogP contribution < -0.4 is 0 Å². The normalized spacial score (nSPS) is 12.2. The topological polar surface area (TPSA) is 77.8 Å². The third kappa shape index (κ3) is 7.93. The fourth-order valence-electron chi connectivity index (χ4n) is 1.09. The van der Waals surface area contributed by atoms with Crippen LogP contribution in [0, 0.1) is 0 Å². The van der Waals surface area contributed by atoms with Gasteiger partial charge in [-0.25, -0.2) is 0 Å². The zero-order valence-corrected chi connectivity index (χ0v) is 9.27. The molecule has 0 rings (SSSR count). The second-order valence-electron chi connectivity index (χ2n) is 3.70. The monoisotopic (exact) mass is 217 g/mol. The van der Waals surface area contributed by atoms with Gasteiger partial charge in [-0.05, 0) is 19.8 Å². The number of carboxylic acids is 1. The molecular weight excluding hydrogens is 198 g/mol. The summed E-state index contributed by atoms with van der Waals surface area (Å²) in [5.74, 6) is -0.952. The van der Waals surface area contributed by atoms with Crippen molar-refractivity contribution in [2.45, 2.75) is 38.7 Å².